The minimum atomic E-state index is -4.60. The Morgan fingerprint density at radius 2 is 1.85 bits per heavy atom. The van der Waals surface area contributed by atoms with E-state index in [1.54, 1.807) is 43.3 Å². The average molecular weight is 421 g/mol. The highest BCUT2D eigenvalue weighted by atomic mass is 35.5. The van der Waals surface area contributed by atoms with E-state index in [2.05, 4.69) is 4.99 Å². The van der Waals surface area contributed by atoms with Gasteiger partial charge in [0.15, 0.2) is 0 Å². The van der Waals surface area contributed by atoms with E-state index in [1.807, 2.05) is 0 Å². The van der Waals surface area contributed by atoms with Crippen molar-refractivity contribution < 1.29 is 21.8 Å². The van der Waals surface area contributed by atoms with Crippen LogP contribution in [0.4, 0.5) is 23.2 Å². The van der Waals surface area contributed by atoms with Crippen LogP contribution in [0.3, 0.4) is 0 Å². The Hall–Kier alpha value is -1.93. The summed E-state index contributed by atoms with van der Waals surface area (Å²) in [5.74, 6) is -1.92. The van der Waals surface area contributed by atoms with Gasteiger partial charge < -0.3 is 4.90 Å². The average Bonchev–Trinajstić information content (AvgIpc) is 2.53. The van der Waals surface area contributed by atoms with Crippen LogP contribution in [0, 0.1) is 12.7 Å². The Balaban J connectivity index is 2.57. The summed E-state index contributed by atoms with van der Waals surface area (Å²) in [6.45, 7) is 1.40. The molecular formula is C18H17ClF4N2OS. The van der Waals surface area contributed by atoms with Crippen LogP contribution >= 0.6 is 11.6 Å². The zero-order valence-electron chi connectivity index (χ0n) is 14.8. The molecule has 2 aromatic carbocycles. The second kappa shape index (κ2) is 8.39. The molecule has 0 amide bonds. The van der Waals surface area contributed by atoms with Crippen LogP contribution in [0.2, 0.25) is 5.02 Å². The Bertz CT molecular complexity index is 897. The van der Waals surface area contributed by atoms with E-state index >= 15 is 0 Å². The van der Waals surface area contributed by atoms with Gasteiger partial charge in [0.1, 0.15) is 23.1 Å². The summed E-state index contributed by atoms with van der Waals surface area (Å²) in [5, 5.41) is 0.387. The Morgan fingerprint density at radius 3 is 2.41 bits per heavy atom. The third-order valence-electron chi connectivity index (χ3n) is 3.55. The van der Waals surface area contributed by atoms with Crippen molar-refractivity contribution in [2.45, 2.75) is 18.0 Å². The molecule has 0 radical (unpaired) electrons. The second-order valence-corrected chi connectivity index (χ2v) is 7.81. The highest BCUT2D eigenvalue weighted by Crippen LogP contribution is 2.29. The normalized spacial score (nSPS) is 13.6. The van der Waals surface area contributed by atoms with Gasteiger partial charge in [0.2, 0.25) is 0 Å². The minimum absolute atomic E-state index is 0.107. The van der Waals surface area contributed by atoms with Crippen LogP contribution in [0.15, 0.2) is 46.3 Å². The summed E-state index contributed by atoms with van der Waals surface area (Å²) in [7, 11) is 0.997. The summed E-state index contributed by atoms with van der Waals surface area (Å²) in [6.07, 6.45) is -4.60. The molecule has 0 aliphatic carbocycles. The zero-order chi connectivity index (χ0) is 20.4. The molecule has 0 spiro atoms. The lowest BCUT2D eigenvalue weighted by atomic mass is 10.2. The summed E-state index contributed by atoms with van der Waals surface area (Å²) in [4.78, 5) is 5.73. The lowest BCUT2D eigenvalue weighted by molar-refractivity contribution is -0.105. The lowest BCUT2D eigenvalue weighted by Gasteiger charge is -2.18. The molecule has 9 heteroatoms. The van der Waals surface area contributed by atoms with Crippen LogP contribution in [0.5, 0.6) is 0 Å². The molecule has 0 heterocycles. The molecule has 0 fully saturated rings. The molecule has 27 heavy (non-hydrogen) atoms. The first-order valence-corrected chi connectivity index (χ1v) is 9.45. The molecule has 1 atom stereocenters. The van der Waals surface area contributed by atoms with Crippen molar-refractivity contribution in [3.8, 4) is 0 Å². The smallest absolute Gasteiger partial charge is 0.362 e. The van der Waals surface area contributed by atoms with Gasteiger partial charge in [0, 0.05) is 24.6 Å². The Labute approximate surface area is 162 Å². The molecule has 0 bridgehead atoms. The molecule has 0 saturated carbocycles. The SMILES string of the molecule is Cc1cc(F)c(N=C(c2ccccc2Cl)N(C)C)cc1S(=O)CC(F)(F)F. The maximum absolute atomic E-state index is 14.4. The van der Waals surface area contributed by atoms with E-state index in [0.717, 1.165) is 12.1 Å². The fraction of sp³-hybridized carbons (Fsp3) is 0.278. The van der Waals surface area contributed by atoms with Crippen molar-refractivity contribution in [1.82, 2.24) is 4.90 Å². The van der Waals surface area contributed by atoms with Gasteiger partial charge in [-0.15, -0.1) is 0 Å². The van der Waals surface area contributed by atoms with Gasteiger partial charge in [-0.1, -0.05) is 23.7 Å². The molecule has 1 unspecified atom stereocenters. The first-order valence-electron chi connectivity index (χ1n) is 7.76. The van der Waals surface area contributed by atoms with Crippen LogP contribution < -0.4 is 0 Å². The topological polar surface area (TPSA) is 32.7 Å². The number of nitrogens with zero attached hydrogens (tertiary/aromatic N) is 2. The van der Waals surface area contributed by atoms with Gasteiger partial charge in [0.05, 0.1) is 15.8 Å². The number of alkyl halides is 3. The van der Waals surface area contributed by atoms with E-state index in [1.165, 1.54) is 6.92 Å². The molecule has 0 aromatic heterocycles. The van der Waals surface area contributed by atoms with E-state index in [9.17, 15) is 21.8 Å². The van der Waals surface area contributed by atoms with Crippen molar-refractivity contribution in [2.24, 2.45) is 4.99 Å². The van der Waals surface area contributed by atoms with Gasteiger partial charge in [-0.3, -0.25) is 4.21 Å². The zero-order valence-corrected chi connectivity index (χ0v) is 16.3. The largest absolute Gasteiger partial charge is 0.400 e. The van der Waals surface area contributed by atoms with E-state index in [0.29, 0.717) is 16.4 Å². The highest BCUT2D eigenvalue weighted by molar-refractivity contribution is 7.85. The Kier molecular flexibility index (Phi) is 6.64. The third-order valence-corrected chi connectivity index (χ3v) is 5.40. The molecular weight excluding hydrogens is 404 g/mol. The molecule has 2 aromatic rings. The minimum Gasteiger partial charge on any atom is -0.362 e. The number of aryl methyl sites for hydroxylation is 1. The van der Waals surface area contributed by atoms with E-state index < -0.39 is 28.5 Å². The monoisotopic (exact) mass is 420 g/mol. The summed E-state index contributed by atoms with van der Waals surface area (Å²) in [6, 6.07) is 8.91. The van der Waals surface area contributed by atoms with Gasteiger partial charge in [0.25, 0.3) is 0 Å². The van der Waals surface area contributed by atoms with E-state index in [-0.39, 0.29) is 16.1 Å². The van der Waals surface area contributed by atoms with Crippen LogP contribution in [-0.4, -0.2) is 41.0 Å². The predicted octanol–water partition coefficient (Wildman–Crippen LogP) is 5.10. The number of hydrogen-bond acceptors (Lipinski definition) is 2. The molecule has 146 valence electrons. The number of hydrogen-bond donors (Lipinski definition) is 0. The van der Waals surface area contributed by atoms with Gasteiger partial charge in [-0.05, 0) is 36.8 Å². The maximum Gasteiger partial charge on any atom is 0.400 e. The Morgan fingerprint density at radius 1 is 1.22 bits per heavy atom. The van der Waals surface area contributed by atoms with Crippen molar-refractivity contribution >= 4 is 33.9 Å². The van der Waals surface area contributed by atoms with Crippen molar-refractivity contribution in [2.75, 3.05) is 19.8 Å². The third kappa shape index (κ3) is 5.52. The second-order valence-electron chi connectivity index (χ2n) is 5.98. The van der Waals surface area contributed by atoms with Crippen molar-refractivity contribution in [3.63, 3.8) is 0 Å². The fourth-order valence-electron chi connectivity index (χ4n) is 2.36. The molecule has 2 rings (SSSR count). The van der Waals surface area contributed by atoms with Gasteiger partial charge in [-0.25, -0.2) is 9.38 Å². The summed E-state index contributed by atoms with van der Waals surface area (Å²) in [5.41, 5.74) is 0.482. The summed E-state index contributed by atoms with van der Waals surface area (Å²) < 4.78 is 64.2. The first-order chi connectivity index (χ1) is 12.5. The summed E-state index contributed by atoms with van der Waals surface area (Å²) >= 11 is 6.17. The number of amidine groups is 1. The highest BCUT2D eigenvalue weighted by Gasteiger charge is 2.32. The molecule has 0 saturated heterocycles. The van der Waals surface area contributed by atoms with Crippen molar-refractivity contribution in [1.29, 1.82) is 0 Å². The quantitative estimate of drug-likeness (QED) is 0.392. The molecule has 0 N–H and O–H groups in total. The maximum atomic E-state index is 14.4. The number of rotatable bonds is 4. The molecule has 3 nitrogen and oxygen atoms in total. The molecule has 0 aliphatic rings. The number of halogens is 5. The van der Waals surface area contributed by atoms with Crippen LogP contribution in [0.1, 0.15) is 11.1 Å². The van der Waals surface area contributed by atoms with Crippen molar-refractivity contribution in [3.05, 3.63) is 58.4 Å². The number of benzene rings is 2. The predicted molar refractivity (Wildman–Crippen MR) is 99.8 cm³/mol. The number of aliphatic imine (C=N–C) groups is 1. The van der Waals surface area contributed by atoms with Gasteiger partial charge >= 0.3 is 6.18 Å². The first kappa shape index (κ1) is 21.4. The molecule has 0 aliphatic heterocycles. The fourth-order valence-corrected chi connectivity index (χ4v) is 3.69. The lowest BCUT2D eigenvalue weighted by Crippen LogP contribution is -2.23. The standard InChI is InChI=1S/C18H17ClF4N2OS/c1-11-8-14(20)15(9-16(11)27(26)10-18(21,22)23)24-17(25(2)3)12-6-4-5-7-13(12)19/h4-9H,10H2,1-3H3. The van der Waals surface area contributed by atoms with Gasteiger partial charge in [-0.2, -0.15) is 13.2 Å². The van der Waals surface area contributed by atoms with E-state index in [4.69, 9.17) is 11.6 Å². The van der Waals surface area contributed by atoms with Crippen LogP contribution in [0.25, 0.3) is 0 Å². The van der Waals surface area contributed by atoms with Crippen LogP contribution in [-0.2, 0) is 10.8 Å².